The van der Waals surface area contributed by atoms with Crippen molar-refractivity contribution in [1.82, 2.24) is 19.5 Å². The van der Waals surface area contributed by atoms with Gasteiger partial charge in [-0.25, -0.2) is 19.7 Å². The lowest BCUT2D eigenvalue weighted by atomic mass is 9.89. The Kier molecular flexibility index (Phi) is 6.60. The summed E-state index contributed by atoms with van der Waals surface area (Å²) in [6, 6.07) is 9.90. The van der Waals surface area contributed by atoms with Crippen molar-refractivity contribution < 1.29 is 14.3 Å². The normalized spacial score (nSPS) is 15.8. The number of rotatable bonds is 4. The van der Waals surface area contributed by atoms with Crippen LogP contribution in [0.3, 0.4) is 0 Å². The van der Waals surface area contributed by atoms with Gasteiger partial charge in [-0.3, -0.25) is 4.79 Å². The van der Waals surface area contributed by atoms with Crippen molar-refractivity contribution in [2.45, 2.75) is 38.5 Å². The number of fused-ring (bicyclic) bond motifs is 2. The highest BCUT2D eigenvalue weighted by Crippen LogP contribution is 2.40. The fourth-order valence-corrected chi connectivity index (χ4v) is 5.70. The highest BCUT2D eigenvalue weighted by molar-refractivity contribution is 5.96. The van der Waals surface area contributed by atoms with Crippen LogP contribution in [0.1, 0.15) is 52.5 Å². The highest BCUT2D eigenvalue weighted by atomic mass is 16.5. The molecule has 0 atom stereocenters. The highest BCUT2D eigenvalue weighted by Gasteiger charge is 2.26. The number of anilines is 2. The molecule has 2 aliphatic heterocycles. The molecule has 0 spiro atoms. The Labute approximate surface area is 226 Å². The molecule has 5 heterocycles. The number of ether oxygens (including phenoxy) is 2. The monoisotopic (exact) mass is 525 g/mol. The maximum absolute atomic E-state index is 12.9. The van der Waals surface area contributed by atoms with Crippen LogP contribution in [0.15, 0.2) is 47.5 Å². The Hall–Kier alpha value is -4.11. The number of hydrogen-bond acceptors (Lipinski definition) is 8. The summed E-state index contributed by atoms with van der Waals surface area (Å²) in [5.74, 6) is 0.478. The van der Waals surface area contributed by atoms with E-state index in [1.54, 1.807) is 22.9 Å². The fourth-order valence-electron chi connectivity index (χ4n) is 5.70. The van der Waals surface area contributed by atoms with Gasteiger partial charge in [0.2, 0.25) is 0 Å². The van der Waals surface area contributed by atoms with Crippen molar-refractivity contribution in [3.8, 4) is 11.4 Å². The summed E-state index contributed by atoms with van der Waals surface area (Å²) in [5.41, 5.74) is 6.91. The second-order valence-electron chi connectivity index (χ2n) is 10.3. The van der Waals surface area contributed by atoms with E-state index >= 15 is 0 Å². The van der Waals surface area contributed by atoms with Gasteiger partial charge in [0, 0.05) is 49.5 Å². The minimum atomic E-state index is -0.480. The standard InChI is InChI=1S/C30H31N5O4/c1-18-13-22-25(34(2)29(18)36)14-21(19-8-11-39-12-9-19)15-26(22)35-10-4-5-23-27(35)17-32-28(33-23)20-6-7-24(31-16-20)30(37)38-3/h6-7,13-17,19H,4-5,8-12H2,1-3H3. The Bertz CT molecular complexity index is 1620. The van der Waals surface area contributed by atoms with Crippen LogP contribution in [-0.2, 0) is 22.9 Å². The molecule has 4 aromatic rings. The molecule has 6 rings (SSSR count). The van der Waals surface area contributed by atoms with Crippen molar-refractivity contribution in [3.63, 3.8) is 0 Å². The first kappa shape index (κ1) is 25.2. The van der Waals surface area contributed by atoms with E-state index in [0.29, 0.717) is 11.7 Å². The second kappa shape index (κ2) is 10.2. The number of benzene rings is 1. The van der Waals surface area contributed by atoms with Gasteiger partial charge in [0.25, 0.3) is 5.56 Å². The predicted octanol–water partition coefficient (Wildman–Crippen LogP) is 4.46. The predicted molar refractivity (Wildman–Crippen MR) is 149 cm³/mol. The molecule has 200 valence electrons. The van der Waals surface area contributed by atoms with Crippen LogP contribution in [0.5, 0.6) is 0 Å². The number of nitrogens with zero attached hydrogens (tertiary/aromatic N) is 5. The number of carbonyl (C=O) groups is 1. The van der Waals surface area contributed by atoms with Gasteiger partial charge in [0.15, 0.2) is 5.82 Å². The van der Waals surface area contributed by atoms with Crippen LogP contribution in [0, 0.1) is 6.92 Å². The van der Waals surface area contributed by atoms with E-state index < -0.39 is 5.97 Å². The summed E-state index contributed by atoms with van der Waals surface area (Å²) in [4.78, 5) is 40.8. The van der Waals surface area contributed by atoms with Crippen molar-refractivity contribution in [2.75, 3.05) is 31.8 Å². The summed E-state index contributed by atoms with van der Waals surface area (Å²) >= 11 is 0. The largest absolute Gasteiger partial charge is 0.464 e. The minimum absolute atomic E-state index is 0.0245. The quantitative estimate of drug-likeness (QED) is 0.360. The zero-order chi connectivity index (χ0) is 27.1. The van der Waals surface area contributed by atoms with E-state index in [4.69, 9.17) is 19.4 Å². The molecule has 39 heavy (non-hydrogen) atoms. The van der Waals surface area contributed by atoms with Gasteiger partial charge in [-0.1, -0.05) is 0 Å². The molecular weight excluding hydrogens is 494 g/mol. The number of hydrogen-bond donors (Lipinski definition) is 0. The van der Waals surface area contributed by atoms with Gasteiger partial charge in [-0.2, -0.15) is 0 Å². The first-order chi connectivity index (χ1) is 18.9. The number of aryl methyl sites for hydroxylation is 3. The maximum atomic E-state index is 12.9. The van der Waals surface area contributed by atoms with E-state index in [1.807, 2.05) is 26.2 Å². The van der Waals surface area contributed by atoms with Crippen molar-refractivity contribution in [1.29, 1.82) is 0 Å². The Morgan fingerprint density at radius 2 is 1.90 bits per heavy atom. The average Bonchev–Trinajstić information content (AvgIpc) is 2.99. The smallest absolute Gasteiger partial charge is 0.356 e. The SMILES string of the molecule is COC(=O)c1ccc(-c2ncc3c(n2)CCCN3c2cc(C3CCOCC3)cc3c2cc(C)c(=O)n3C)cn1. The van der Waals surface area contributed by atoms with Gasteiger partial charge in [-0.15, -0.1) is 0 Å². The van der Waals surface area contributed by atoms with Gasteiger partial charge >= 0.3 is 5.97 Å². The van der Waals surface area contributed by atoms with E-state index in [9.17, 15) is 9.59 Å². The van der Waals surface area contributed by atoms with Gasteiger partial charge < -0.3 is 18.9 Å². The van der Waals surface area contributed by atoms with Crippen LogP contribution in [-0.4, -0.2) is 52.4 Å². The van der Waals surface area contributed by atoms with Crippen LogP contribution in [0.25, 0.3) is 22.3 Å². The first-order valence-electron chi connectivity index (χ1n) is 13.3. The lowest BCUT2D eigenvalue weighted by Gasteiger charge is -2.33. The van der Waals surface area contributed by atoms with Gasteiger partial charge in [0.05, 0.1) is 35.9 Å². The molecule has 1 fully saturated rings. The summed E-state index contributed by atoms with van der Waals surface area (Å²) in [6.07, 6.45) is 7.20. The third-order valence-electron chi connectivity index (χ3n) is 7.85. The third kappa shape index (κ3) is 4.57. The van der Waals surface area contributed by atoms with E-state index in [-0.39, 0.29) is 11.3 Å². The molecule has 0 bridgehead atoms. The minimum Gasteiger partial charge on any atom is -0.464 e. The Morgan fingerprint density at radius 1 is 1.08 bits per heavy atom. The number of methoxy groups -OCH3 is 1. The molecule has 0 aliphatic carbocycles. The summed E-state index contributed by atoms with van der Waals surface area (Å²) < 4.78 is 12.1. The van der Waals surface area contributed by atoms with Crippen LogP contribution in [0.2, 0.25) is 0 Å². The van der Waals surface area contributed by atoms with Crippen LogP contribution >= 0.6 is 0 Å². The third-order valence-corrected chi connectivity index (χ3v) is 7.85. The van der Waals surface area contributed by atoms with Crippen molar-refractivity contribution in [3.05, 3.63) is 75.6 Å². The van der Waals surface area contributed by atoms with Crippen molar-refractivity contribution >= 4 is 28.2 Å². The molecule has 2 aliphatic rings. The molecular formula is C30H31N5O4. The van der Waals surface area contributed by atoms with E-state index in [1.165, 1.54) is 12.7 Å². The number of aromatic nitrogens is 4. The zero-order valence-corrected chi connectivity index (χ0v) is 22.4. The molecule has 0 N–H and O–H groups in total. The molecule has 0 radical (unpaired) electrons. The lowest BCUT2D eigenvalue weighted by Crippen LogP contribution is -2.27. The fraction of sp³-hybridized carbons (Fsp3) is 0.367. The molecule has 0 amide bonds. The van der Waals surface area contributed by atoms with E-state index in [0.717, 1.165) is 84.5 Å². The molecule has 3 aromatic heterocycles. The lowest BCUT2D eigenvalue weighted by molar-refractivity contribution is 0.0594. The number of esters is 1. The number of pyridine rings is 2. The first-order valence-corrected chi connectivity index (χ1v) is 13.3. The number of carbonyl (C=O) groups excluding carboxylic acids is 1. The van der Waals surface area contributed by atoms with E-state index in [2.05, 4.69) is 22.0 Å². The zero-order valence-electron chi connectivity index (χ0n) is 22.4. The Balaban J connectivity index is 1.45. The molecule has 0 unspecified atom stereocenters. The van der Waals surface area contributed by atoms with Gasteiger partial charge in [0.1, 0.15) is 5.69 Å². The summed E-state index contributed by atoms with van der Waals surface area (Å²) in [7, 11) is 3.19. The molecule has 1 saturated heterocycles. The molecule has 9 nitrogen and oxygen atoms in total. The van der Waals surface area contributed by atoms with Crippen LogP contribution in [0.4, 0.5) is 11.4 Å². The second-order valence-corrected chi connectivity index (χ2v) is 10.3. The summed E-state index contributed by atoms with van der Waals surface area (Å²) in [6.45, 7) is 4.21. The molecule has 9 heteroatoms. The molecule has 0 saturated carbocycles. The van der Waals surface area contributed by atoms with Gasteiger partial charge in [-0.05, 0) is 74.4 Å². The average molecular weight is 526 g/mol. The maximum Gasteiger partial charge on any atom is 0.356 e. The topological polar surface area (TPSA) is 99.4 Å². The van der Waals surface area contributed by atoms with Crippen molar-refractivity contribution in [2.24, 2.45) is 7.05 Å². The summed E-state index contributed by atoms with van der Waals surface area (Å²) in [5, 5.41) is 1.05. The molecule has 1 aromatic carbocycles. The van der Waals surface area contributed by atoms with Crippen LogP contribution < -0.4 is 10.5 Å². The Morgan fingerprint density at radius 3 is 2.64 bits per heavy atom.